The predicted octanol–water partition coefficient (Wildman–Crippen LogP) is 17.0. The normalized spacial score (nSPS) is 29.0. The van der Waals surface area contributed by atoms with Crippen LogP contribution in [-0.4, -0.2) is 0 Å². The summed E-state index contributed by atoms with van der Waals surface area (Å²) >= 11 is 0. The van der Waals surface area contributed by atoms with Crippen LogP contribution < -0.4 is 4.90 Å². The van der Waals surface area contributed by atoms with Crippen LogP contribution in [0.5, 0.6) is 0 Å². The number of hydrogen-bond donors (Lipinski definition) is 0. The van der Waals surface area contributed by atoms with Gasteiger partial charge in [-0.3, -0.25) is 0 Å². The molecule has 0 saturated heterocycles. The van der Waals surface area contributed by atoms with Crippen LogP contribution in [0.15, 0.2) is 164 Å². The molecule has 0 radical (unpaired) electrons. The van der Waals surface area contributed by atoms with Crippen molar-refractivity contribution in [1.82, 2.24) is 0 Å². The molecule has 1 nitrogen and oxygen atoms in total. The van der Waals surface area contributed by atoms with E-state index in [0.717, 1.165) is 23.7 Å². The van der Waals surface area contributed by atoms with Gasteiger partial charge in [-0.25, -0.2) is 0 Å². The molecule has 1 heteroatoms. The molecule has 64 heavy (non-hydrogen) atoms. The van der Waals surface area contributed by atoms with E-state index in [0.29, 0.717) is 17.8 Å². The van der Waals surface area contributed by atoms with Crippen LogP contribution in [0, 0.1) is 41.4 Å². The average molecular weight is 832 g/mol. The Labute approximate surface area is 381 Å². The van der Waals surface area contributed by atoms with Gasteiger partial charge in [0.15, 0.2) is 0 Å². The molecule has 4 fully saturated rings. The first kappa shape index (κ1) is 38.8. The monoisotopic (exact) mass is 831 g/mol. The van der Waals surface area contributed by atoms with Gasteiger partial charge in [-0.2, -0.15) is 0 Å². The van der Waals surface area contributed by atoms with Gasteiger partial charge in [0.05, 0.1) is 0 Å². The van der Waals surface area contributed by atoms with Gasteiger partial charge in [0, 0.05) is 27.9 Å². The Morgan fingerprint density at radius 1 is 0.422 bits per heavy atom. The molecule has 9 atom stereocenters. The molecule has 0 aliphatic heterocycles. The molecule has 0 amide bonds. The summed E-state index contributed by atoms with van der Waals surface area (Å²) in [5, 5.41) is 0. The maximum atomic E-state index is 2.58. The van der Waals surface area contributed by atoms with Crippen molar-refractivity contribution in [3.05, 3.63) is 186 Å². The van der Waals surface area contributed by atoms with Crippen LogP contribution in [0.25, 0.3) is 44.5 Å². The quantitative estimate of drug-likeness (QED) is 0.161. The van der Waals surface area contributed by atoms with Crippen molar-refractivity contribution in [2.24, 2.45) is 41.4 Å². The fraction of sp³-hybridized carbons (Fsp3) is 0.333. The zero-order valence-electron chi connectivity index (χ0n) is 37.9. The van der Waals surface area contributed by atoms with Crippen LogP contribution in [0.4, 0.5) is 17.1 Å². The molecule has 6 aliphatic carbocycles. The zero-order chi connectivity index (χ0) is 42.7. The highest BCUT2D eigenvalue weighted by Gasteiger charge is 2.58. The molecular weight excluding hydrogens is 771 g/mol. The lowest BCUT2D eigenvalue weighted by Gasteiger charge is -2.54. The van der Waals surface area contributed by atoms with Crippen molar-refractivity contribution in [2.75, 3.05) is 4.90 Å². The third-order valence-corrected chi connectivity index (χ3v) is 18.3. The van der Waals surface area contributed by atoms with Gasteiger partial charge < -0.3 is 4.90 Å². The van der Waals surface area contributed by atoms with E-state index in [1.165, 1.54) is 119 Å². The van der Waals surface area contributed by atoms with Gasteiger partial charge in [0.25, 0.3) is 0 Å². The summed E-state index contributed by atoms with van der Waals surface area (Å²) in [6, 6.07) is 63.5. The molecule has 4 saturated carbocycles. The molecule has 0 heterocycles. The lowest BCUT2D eigenvalue weighted by Crippen LogP contribution is -2.49. The van der Waals surface area contributed by atoms with E-state index in [1.54, 1.807) is 22.3 Å². The van der Waals surface area contributed by atoms with Gasteiger partial charge >= 0.3 is 0 Å². The fourth-order valence-corrected chi connectivity index (χ4v) is 16.1. The minimum atomic E-state index is 0.123. The van der Waals surface area contributed by atoms with Crippen LogP contribution in [0.2, 0.25) is 0 Å². The molecule has 6 aliphatic rings. The van der Waals surface area contributed by atoms with Crippen LogP contribution in [0.3, 0.4) is 0 Å². The average Bonchev–Trinajstić information content (AvgIpc) is 3.97. The lowest BCUT2D eigenvalue weighted by molar-refractivity contribution is 0.0426. The van der Waals surface area contributed by atoms with Crippen molar-refractivity contribution in [2.45, 2.75) is 89.4 Å². The molecule has 0 aromatic heterocycles. The number of hydrogen-bond acceptors (Lipinski definition) is 1. The van der Waals surface area contributed by atoms with Crippen LogP contribution >= 0.6 is 0 Å². The van der Waals surface area contributed by atoms with Gasteiger partial charge in [-0.1, -0.05) is 155 Å². The summed E-state index contributed by atoms with van der Waals surface area (Å²) in [7, 11) is 0. The third-order valence-electron chi connectivity index (χ3n) is 18.3. The molecule has 7 aromatic rings. The van der Waals surface area contributed by atoms with Crippen molar-refractivity contribution in [3.8, 4) is 44.5 Å². The Kier molecular flexibility index (Phi) is 8.89. The molecule has 13 rings (SSSR count). The standard InChI is InChI=1S/C63H61N/c1-4-48-35-42-18-24-49(36-42)63(48)59-17-11-9-15-55(59)57-39-53(29-31-61(57)63)64(51-25-19-45(20-26-51)44-12-6-5-7-13-44)52-27-21-46(22-28-52)47-23-30-60-56(38-47)54-14-8-10-16-58(54)62(60)41(3)34-43-32-40(2)33-50(62)37-43/h5-17,19-23,25-31,38-43,48-50H,4,18,24,32-37H2,1-3H3/t40-,41+,42-,43?,48+,49-,50-,62+,63+/m1/s1. The second-order valence-electron chi connectivity index (χ2n) is 21.3. The van der Waals surface area contributed by atoms with Gasteiger partial charge in [0.1, 0.15) is 0 Å². The molecular formula is C63H61N. The molecule has 318 valence electrons. The summed E-state index contributed by atoms with van der Waals surface area (Å²) in [6.07, 6.45) is 12.3. The second-order valence-corrected chi connectivity index (χ2v) is 21.3. The van der Waals surface area contributed by atoms with E-state index in [9.17, 15) is 0 Å². The number of rotatable bonds is 6. The van der Waals surface area contributed by atoms with Gasteiger partial charge in [0.2, 0.25) is 0 Å². The highest BCUT2D eigenvalue weighted by Crippen LogP contribution is 2.67. The Bertz CT molecular complexity index is 2900. The summed E-state index contributed by atoms with van der Waals surface area (Å²) in [4.78, 5) is 2.50. The Morgan fingerprint density at radius 2 is 0.969 bits per heavy atom. The highest BCUT2D eigenvalue weighted by molar-refractivity contribution is 5.89. The minimum absolute atomic E-state index is 0.123. The summed E-state index contributed by atoms with van der Waals surface area (Å²) < 4.78 is 0. The van der Waals surface area contributed by atoms with Crippen LogP contribution in [0.1, 0.15) is 101 Å². The van der Waals surface area contributed by atoms with E-state index in [4.69, 9.17) is 0 Å². The third kappa shape index (κ3) is 5.49. The van der Waals surface area contributed by atoms with Crippen molar-refractivity contribution in [3.63, 3.8) is 0 Å². The maximum Gasteiger partial charge on any atom is 0.0468 e. The topological polar surface area (TPSA) is 3.24 Å². The van der Waals surface area contributed by atoms with Gasteiger partial charge in [-0.15, -0.1) is 0 Å². The number of nitrogens with zero attached hydrogens (tertiary/aromatic N) is 1. The first-order valence-corrected chi connectivity index (χ1v) is 25.0. The number of anilines is 3. The minimum Gasteiger partial charge on any atom is -0.310 e. The van der Waals surface area contributed by atoms with E-state index >= 15 is 0 Å². The first-order valence-electron chi connectivity index (χ1n) is 25.0. The first-order chi connectivity index (χ1) is 31.4. The van der Waals surface area contributed by atoms with Crippen molar-refractivity contribution >= 4 is 17.1 Å². The maximum absolute atomic E-state index is 2.58. The van der Waals surface area contributed by atoms with Crippen molar-refractivity contribution < 1.29 is 0 Å². The Morgan fingerprint density at radius 3 is 1.69 bits per heavy atom. The van der Waals surface area contributed by atoms with E-state index in [2.05, 4.69) is 189 Å². The lowest BCUT2D eigenvalue weighted by atomic mass is 9.49. The summed E-state index contributed by atoms with van der Waals surface area (Å²) in [6.45, 7) is 7.54. The Balaban J connectivity index is 0.911. The van der Waals surface area contributed by atoms with E-state index in [-0.39, 0.29) is 10.8 Å². The molecule has 4 bridgehead atoms. The largest absolute Gasteiger partial charge is 0.310 e. The zero-order valence-corrected chi connectivity index (χ0v) is 37.9. The highest BCUT2D eigenvalue weighted by atomic mass is 15.1. The van der Waals surface area contributed by atoms with E-state index < -0.39 is 0 Å². The molecule has 2 spiro atoms. The molecule has 0 N–H and O–H groups in total. The number of fused-ring (bicyclic) bond motifs is 16. The Hall–Kier alpha value is -5.66. The smallest absolute Gasteiger partial charge is 0.0468 e. The summed E-state index contributed by atoms with van der Waals surface area (Å²) in [5.41, 5.74) is 21.1. The SMILES string of the molecule is CC[C@H]1C[C@H]2CC[C@H](C2)[C@]12c1ccccc1-c1cc(N(c3ccc(-c4ccccc4)cc3)c3ccc(-c4ccc5c(c4)-c4ccccc4[C@]54[C@H]5CC(C[C@@H](C)C5)C[C@@H]4C)cc3)ccc12. The number of benzene rings is 7. The predicted molar refractivity (Wildman–Crippen MR) is 267 cm³/mol. The molecule has 7 aromatic carbocycles. The summed E-state index contributed by atoms with van der Waals surface area (Å²) in [5.74, 6) is 5.38. The second kappa shape index (κ2) is 14.7. The fourth-order valence-electron chi connectivity index (χ4n) is 16.1. The molecule has 1 unspecified atom stereocenters. The van der Waals surface area contributed by atoms with Gasteiger partial charge in [-0.05, 0) is 196 Å². The van der Waals surface area contributed by atoms with Crippen molar-refractivity contribution in [1.29, 1.82) is 0 Å². The van der Waals surface area contributed by atoms with Crippen LogP contribution in [-0.2, 0) is 10.8 Å². The van der Waals surface area contributed by atoms with E-state index in [1.807, 2.05) is 0 Å².